The Morgan fingerprint density at radius 2 is 1.75 bits per heavy atom. The summed E-state index contributed by atoms with van der Waals surface area (Å²) < 4.78 is 5.33. The molecule has 0 saturated carbocycles. The summed E-state index contributed by atoms with van der Waals surface area (Å²) in [6.07, 6.45) is 1.60. The molecule has 0 heterocycles. The zero-order chi connectivity index (χ0) is 17.6. The molecule has 2 rings (SSSR count). The zero-order valence-electron chi connectivity index (χ0n) is 14.0. The van der Waals surface area contributed by atoms with Crippen molar-refractivity contribution in [2.75, 3.05) is 6.61 Å². The molecule has 0 aliphatic heterocycles. The number of amides is 1. The molecule has 0 saturated heterocycles. The number of nitrogens with one attached hydrogen (secondary N) is 1. The first kappa shape index (κ1) is 18.0. The van der Waals surface area contributed by atoms with Crippen molar-refractivity contribution in [3.63, 3.8) is 0 Å². The van der Waals surface area contributed by atoms with Gasteiger partial charge in [0.05, 0.1) is 6.21 Å². The summed E-state index contributed by atoms with van der Waals surface area (Å²) in [4.78, 5) is 11.7. The molecule has 0 bridgehead atoms. The van der Waals surface area contributed by atoms with Crippen molar-refractivity contribution in [2.45, 2.75) is 26.2 Å². The number of hydrogen-bond donors (Lipinski definition) is 1. The molecule has 5 heteroatoms. The standard InChI is InChI=1S/C19H21ClN2O2/c1-19(2,3)15-6-4-14(5-7-15)12-21-22-18(23)13-24-17-10-8-16(20)9-11-17/h4-12H,13H2,1-3H3,(H,22,23)/b21-12-. The molecule has 2 aromatic rings. The van der Waals surface area contributed by atoms with Gasteiger partial charge in [0.15, 0.2) is 6.61 Å². The number of hydrogen-bond acceptors (Lipinski definition) is 3. The van der Waals surface area contributed by atoms with Crippen LogP contribution in [0.2, 0.25) is 5.02 Å². The minimum Gasteiger partial charge on any atom is -0.484 e. The first-order chi connectivity index (χ1) is 11.3. The predicted molar refractivity (Wildman–Crippen MR) is 97.8 cm³/mol. The van der Waals surface area contributed by atoms with E-state index in [4.69, 9.17) is 16.3 Å². The molecule has 126 valence electrons. The Bertz CT molecular complexity index is 702. The molecule has 24 heavy (non-hydrogen) atoms. The Morgan fingerprint density at radius 1 is 1.12 bits per heavy atom. The van der Waals surface area contributed by atoms with Gasteiger partial charge in [-0.05, 0) is 40.8 Å². The lowest BCUT2D eigenvalue weighted by molar-refractivity contribution is -0.123. The van der Waals surface area contributed by atoms with E-state index in [1.54, 1.807) is 30.5 Å². The third-order valence-electron chi connectivity index (χ3n) is 3.36. The molecule has 0 fully saturated rings. The van der Waals surface area contributed by atoms with Gasteiger partial charge in [-0.25, -0.2) is 5.43 Å². The van der Waals surface area contributed by atoms with E-state index in [1.165, 1.54) is 5.56 Å². The number of hydrazone groups is 1. The molecule has 4 nitrogen and oxygen atoms in total. The summed E-state index contributed by atoms with van der Waals surface area (Å²) in [5.74, 6) is 0.254. The molecular weight excluding hydrogens is 324 g/mol. The highest BCUT2D eigenvalue weighted by molar-refractivity contribution is 6.30. The Balaban J connectivity index is 1.80. The maximum Gasteiger partial charge on any atom is 0.277 e. The number of ether oxygens (including phenoxy) is 1. The third kappa shape index (κ3) is 5.70. The van der Waals surface area contributed by atoms with Gasteiger partial charge in [-0.3, -0.25) is 4.79 Å². The summed E-state index contributed by atoms with van der Waals surface area (Å²) in [6.45, 7) is 6.38. The van der Waals surface area contributed by atoms with Gasteiger partial charge in [-0.1, -0.05) is 56.6 Å². The Hall–Kier alpha value is -2.33. The maximum absolute atomic E-state index is 11.7. The van der Waals surface area contributed by atoms with Gasteiger partial charge in [0.25, 0.3) is 5.91 Å². The summed E-state index contributed by atoms with van der Waals surface area (Å²) in [5, 5.41) is 4.55. The van der Waals surface area contributed by atoms with Crippen molar-refractivity contribution in [1.82, 2.24) is 5.43 Å². The number of benzene rings is 2. The Morgan fingerprint density at radius 3 is 2.33 bits per heavy atom. The van der Waals surface area contributed by atoms with Crippen LogP contribution in [0.1, 0.15) is 31.9 Å². The molecule has 2 aromatic carbocycles. The van der Waals surface area contributed by atoms with E-state index in [0.29, 0.717) is 10.8 Å². The second-order valence-corrected chi connectivity index (χ2v) is 6.84. The lowest BCUT2D eigenvalue weighted by Crippen LogP contribution is -2.24. The molecule has 1 amide bonds. The third-order valence-corrected chi connectivity index (χ3v) is 3.62. The van der Waals surface area contributed by atoms with E-state index in [2.05, 4.69) is 43.4 Å². The van der Waals surface area contributed by atoms with E-state index in [0.717, 1.165) is 5.56 Å². The van der Waals surface area contributed by atoms with Crippen LogP contribution >= 0.6 is 11.6 Å². The largest absolute Gasteiger partial charge is 0.484 e. The Kier molecular flexibility index (Phi) is 5.99. The van der Waals surface area contributed by atoms with Crippen LogP contribution in [0.4, 0.5) is 0 Å². The average molecular weight is 345 g/mol. The highest BCUT2D eigenvalue weighted by atomic mass is 35.5. The van der Waals surface area contributed by atoms with Crippen LogP contribution in [-0.2, 0) is 10.2 Å². The zero-order valence-corrected chi connectivity index (χ0v) is 14.8. The van der Waals surface area contributed by atoms with Crippen LogP contribution in [0, 0.1) is 0 Å². The van der Waals surface area contributed by atoms with Crippen LogP contribution in [0.3, 0.4) is 0 Å². The highest BCUT2D eigenvalue weighted by Gasteiger charge is 2.12. The maximum atomic E-state index is 11.7. The van der Waals surface area contributed by atoms with Crippen molar-refractivity contribution in [3.05, 3.63) is 64.7 Å². The fraction of sp³-hybridized carbons (Fsp3) is 0.263. The van der Waals surface area contributed by atoms with E-state index in [1.807, 2.05) is 12.1 Å². The van der Waals surface area contributed by atoms with E-state index in [9.17, 15) is 4.79 Å². The Labute approximate surface area is 147 Å². The topological polar surface area (TPSA) is 50.7 Å². The van der Waals surface area contributed by atoms with Gasteiger partial charge in [-0.2, -0.15) is 5.10 Å². The minimum atomic E-state index is -0.326. The molecule has 0 aliphatic carbocycles. The molecule has 0 spiro atoms. The lowest BCUT2D eigenvalue weighted by Gasteiger charge is -2.18. The fourth-order valence-electron chi connectivity index (χ4n) is 1.96. The number of carbonyl (C=O) groups is 1. The quantitative estimate of drug-likeness (QED) is 0.653. The first-order valence-corrected chi connectivity index (χ1v) is 8.03. The van der Waals surface area contributed by atoms with Gasteiger partial charge in [0, 0.05) is 5.02 Å². The molecule has 0 aromatic heterocycles. The van der Waals surface area contributed by atoms with E-state index < -0.39 is 0 Å². The monoisotopic (exact) mass is 344 g/mol. The van der Waals surface area contributed by atoms with E-state index >= 15 is 0 Å². The summed E-state index contributed by atoms with van der Waals surface area (Å²) in [6, 6.07) is 14.9. The van der Waals surface area contributed by atoms with Crippen LogP contribution in [-0.4, -0.2) is 18.7 Å². The SMILES string of the molecule is CC(C)(C)c1ccc(/C=N\NC(=O)COc2ccc(Cl)cc2)cc1. The molecule has 0 aliphatic rings. The van der Waals surface area contributed by atoms with E-state index in [-0.39, 0.29) is 17.9 Å². The lowest BCUT2D eigenvalue weighted by atomic mass is 9.87. The second kappa shape index (κ2) is 7.97. The second-order valence-electron chi connectivity index (χ2n) is 6.41. The van der Waals surface area contributed by atoms with Crippen molar-refractivity contribution >= 4 is 23.7 Å². The minimum absolute atomic E-state index is 0.109. The molecule has 0 unspecified atom stereocenters. The van der Waals surface area contributed by atoms with Gasteiger partial charge in [-0.15, -0.1) is 0 Å². The molecule has 0 radical (unpaired) electrons. The van der Waals surface area contributed by atoms with Crippen LogP contribution < -0.4 is 10.2 Å². The summed E-state index contributed by atoms with van der Waals surface area (Å²) in [7, 11) is 0. The highest BCUT2D eigenvalue weighted by Crippen LogP contribution is 2.21. The van der Waals surface area contributed by atoms with Gasteiger partial charge < -0.3 is 4.74 Å². The number of carbonyl (C=O) groups excluding carboxylic acids is 1. The van der Waals surface area contributed by atoms with Crippen molar-refractivity contribution < 1.29 is 9.53 Å². The van der Waals surface area contributed by atoms with Gasteiger partial charge >= 0.3 is 0 Å². The molecule has 1 N–H and O–H groups in total. The van der Waals surface area contributed by atoms with Crippen molar-refractivity contribution in [3.8, 4) is 5.75 Å². The van der Waals surface area contributed by atoms with Gasteiger partial charge in [0.2, 0.25) is 0 Å². The number of rotatable bonds is 5. The summed E-state index contributed by atoms with van der Waals surface area (Å²) >= 11 is 5.78. The van der Waals surface area contributed by atoms with Gasteiger partial charge in [0.1, 0.15) is 5.75 Å². The first-order valence-electron chi connectivity index (χ1n) is 7.65. The van der Waals surface area contributed by atoms with Crippen LogP contribution in [0.15, 0.2) is 53.6 Å². The van der Waals surface area contributed by atoms with Crippen molar-refractivity contribution in [2.24, 2.45) is 5.10 Å². The number of halogens is 1. The predicted octanol–water partition coefficient (Wildman–Crippen LogP) is 4.17. The molecule has 0 atom stereocenters. The fourth-order valence-corrected chi connectivity index (χ4v) is 2.09. The molecular formula is C19H21ClN2O2. The summed E-state index contributed by atoms with van der Waals surface area (Å²) in [5.41, 5.74) is 4.72. The smallest absolute Gasteiger partial charge is 0.277 e. The van der Waals surface area contributed by atoms with Crippen LogP contribution in [0.25, 0.3) is 0 Å². The average Bonchev–Trinajstić information content (AvgIpc) is 2.54. The van der Waals surface area contributed by atoms with Crippen molar-refractivity contribution in [1.29, 1.82) is 0 Å². The number of nitrogens with zero attached hydrogens (tertiary/aromatic N) is 1. The normalized spacial score (nSPS) is 11.5. The van der Waals surface area contributed by atoms with Crippen LogP contribution in [0.5, 0.6) is 5.75 Å².